The number of thiazole rings is 1. The van der Waals surface area contributed by atoms with Gasteiger partial charge >= 0.3 is 0 Å². The Morgan fingerprint density at radius 3 is 2.94 bits per heavy atom. The predicted molar refractivity (Wildman–Crippen MR) is 67.2 cm³/mol. The van der Waals surface area contributed by atoms with Crippen LogP contribution in [0.1, 0.15) is 11.1 Å². The summed E-state index contributed by atoms with van der Waals surface area (Å²) in [4.78, 5) is 4.17. The van der Waals surface area contributed by atoms with E-state index >= 15 is 0 Å². The van der Waals surface area contributed by atoms with Crippen LogP contribution in [0.25, 0.3) is 0 Å². The third-order valence-corrected chi connectivity index (χ3v) is 3.07. The molecule has 2 rings (SSSR count). The molecule has 0 radical (unpaired) electrons. The van der Waals surface area contributed by atoms with Gasteiger partial charge in [0.1, 0.15) is 5.75 Å². The lowest BCUT2D eigenvalue weighted by Gasteiger charge is -2.07. The number of hydrogen-bond donors (Lipinski definition) is 1. The van der Waals surface area contributed by atoms with Gasteiger partial charge in [0.2, 0.25) is 0 Å². The normalized spacial score (nSPS) is 10.1. The number of aromatic nitrogens is 1. The second-order valence-corrected chi connectivity index (χ2v) is 4.39. The molecule has 16 heavy (non-hydrogen) atoms. The lowest BCUT2D eigenvalue weighted by molar-refractivity contribution is 0.411. The molecule has 0 bridgehead atoms. The van der Waals surface area contributed by atoms with Crippen LogP contribution >= 0.6 is 11.3 Å². The summed E-state index contributed by atoms with van der Waals surface area (Å²) in [6, 6.07) is 6.18. The van der Waals surface area contributed by atoms with Crippen molar-refractivity contribution >= 4 is 16.5 Å². The van der Waals surface area contributed by atoms with Crippen molar-refractivity contribution in [3.63, 3.8) is 0 Å². The molecule has 1 aromatic heterocycles. The summed E-state index contributed by atoms with van der Waals surface area (Å²) in [6.45, 7) is 2.84. The van der Waals surface area contributed by atoms with E-state index in [1.807, 2.05) is 18.4 Å². The molecule has 0 atom stereocenters. The van der Waals surface area contributed by atoms with Gasteiger partial charge in [0, 0.05) is 18.1 Å². The number of methoxy groups -OCH3 is 1. The molecule has 0 fully saturated rings. The van der Waals surface area contributed by atoms with Crippen LogP contribution in [-0.2, 0) is 6.54 Å². The zero-order chi connectivity index (χ0) is 11.4. The number of anilines is 1. The average Bonchev–Trinajstić information content (AvgIpc) is 2.79. The molecule has 1 heterocycles. The molecular formula is C12H14N2OS. The minimum Gasteiger partial charge on any atom is -0.496 e. The summed E-state index contributed by atoms with van der Waals surface area (Å²) >= 11 is 1.61. The lowest BCUT2D eigenvalue weighted by atomic mass is 10.1. The molecule has 4 heteroatoms. The first kappa shape index (κ1) is 11.0. The zero-order valence-electron chi connectivity index (χ0n) is 9.36. The minimum atomic E-state index is 0.790. The Morgan fingerprint density at radius 2 is 2.31 bits per heavy atom. The summed E-state index contributed by atoms with van der Waals surface area (Å²) in [5.41, 5.74) is 2.38. The molecule has 1 N–H and O–H groups in total. The van der Waals surface area contributed by atoms with Crippen LogP contribution in [0, 0.1) is 6.92 Å². The van der Waals surface area contributed by atoms with Gasteiger partial charge in [-0.2, -0.15) is 0 Å². The highest BCUT2D eigenvalue weighted by atomic mass is 32.1. The second-order valence-electron chi connectivity index (χ2n) is 3.49. The van der Waals surface area contributed by atoms with Gasteiger partial charge in [0.15, 0.2) is 5.13 Å². The molecule has 0 saturated heterocycles. The monoisotopic (exact) mass is 234 g/mol. The summed E-state index contributed by atoms with van der Waals surface area (Å²) < 4.78 is 5.22. The van der Waals surface area contributed by atoms with Crippen molar-refractivity contribution in [1.29, 1.82) is 0 Å². The first-order valence-electron chi connectivity index (χ1n) is 5.06. The van der Waals surface area contributed by atoms with Crippen LogP contribution in [0.2, 0.25) is 0 Å². The average molecular weight is 234 g/mol. The quantitative estimate of drug-likeness (QED) is 0.882. The van der Waals surface area contributed by atoms with E-state index in [9.17, 15) is 0 Å². The standard InChI is InChI=1S/C12H14N2OS/c1-9-7-10(3-4-11(9)15-2)8-14-12-13-5-6-16-12/h3-7H,8H2,1-2H3,(H,13,14). The van der Waals surface area contributed by atoms with Gasteiger partial charge < -0.3 is 10.1 Å². The predicted octanol–water partition coefficient (Wildman–Crippen LogP) is 3.07. The van der Waals surface area contributed by atoms with Gasteiger partial charge in [-0.15, -0.1) is 11.3 Å². The van der Waals surface area contributed by atoms with E-state index in [1.54, 1.807) is 24.6 Å². The highest BCUT2D eigenvalue weighted by Gasteiger charge is 2.00. The van der Waals surface area contributed by atoms with Gasteiger partial charge in [0.25, 0.3) is 0 Å². The van der Waals surface area contributed by atoms with Crippen molar-refractivity contribution in [3.8, 4) is 5.75 Å². The zero-order valence-corrected chi connectivity index (χ0v) is 10.2. The van der Waals surface area contributed by atoms with Crippen LogP contribution < -0.4 is 10.1 Å². The maximum atomic E-state index is 5.22. The number of nitrogens with zero attached hydrogens (tertiary/aromatic N) is 1. The van der Waals surface area contributed by atoms with E-state index in [-0.39, 0.29) is 0 Å². The molecule has 2 aromatic rings. The van der Waals surface area contributed by atoms with Crippen molar-refractivity contribution in [2.75, 3.05) is 12.4 Å². The highest BCUT2D eigenvalue weighted by molar-refractivity contribution is 7.13. The van der Waals surface area contributed by atoms with Gasteiger partial charge in [-0.25, -0.2) is 4.98 Å². The molecule has 0 saturated carbocycles. The van der Waals surface area contributed by atoms with E-state index in [0.717, 1.165) is 23.0 Å². The third kappa shape index (κ3) is 2.52. The van der Waals surface area contributed by atoms with E-state index in [2.05, 4.69) is 22.4 Å². The lowest BCUT2D eigenvalue weighted by Crippen LogP contribution is -1.99. The summed E-state index contributed by atoms with van der Waals surface area (Å²) in [5, 5.41) is 6.18. The van der Waals surface area contributed by atoms with Gasteiger partial charge in [-0.05, 0) is 24.1 Å². The molecule has 0 amide bonds. The van der Waals surface area contributed by atoms with Crippen LogP contribution in [-0.4, -0.2) is 12.1 Å². The number of ether oxygens (including phenoxy) is 1. The summed E-state index contributed by atoms with van der Waals surface area (Å²) in [5.74, 6) is 0.929. The van der Waals surface area contributed by atoms with Crippen molar-refractivity contribution in [3.05, 3.63) is 40.9 Å². The molecular weight excluding hydrogens is 220 g/mol. The molecule has 0 aliphatic carbocycles. The van der Waals surface area contributed by atoms with Crippen LogP contribution in [0.3, 0.4) is 0 Å². The smallest absolute Gasteiger partial charge is 0.182 e. The molecule has 0 aliphatic rings. The molecule has 3 nitrogen and oxygen atoms in total. The topological polar surface area (TPSA) is 34.1 Å². The Kier molecular flexibility index (Phi) is 3.41. The minimum absolute atomic E-state index is 0.790. The number of benzene rings is 1. The van der Waals surface area contributed by atoms with Crippen molar-refractivity contribution in [1.82, 2.24) is 4.98 Å². The Labute approximate surface area is 99.1 Å². The molecule has 0 unspecified atom stereocenters. The van der Waals surface area contributed by atoms with E-state index in [4.69, 9.17) is 4.74 Å². The van der Waals surface area contributed by atoms with E-state index < -0.39 is 0 Å². The fraction of sp³-hybridized carbons (Fsp3) is 0.250. The van der Waals surface area contributed by atoms with E-state index in [0.29, 0.717) is 0 Å². The Hall–Kier alpha value is -1.55. The summed E-state index contributed by atoms with van der Waals surface area (Å²) in [7, 11) is 1.69. The largest absolute Gasteiger partial charge is 0.496 e. The van der Waals surface area contributed by atoms with Gasteiger partial charge in [-0.1, -0.05) is 12.1 Å². The first-order valence-corrected chi connectivity index (χ1v) is 5.94. The maximum Gasteiger partial charge on any atom is 0.182 e. The summed E-state index contributed by atoms with van der Waals surface area (Å²) in [6.07, 6.45) is 1.80. The Bertz CT molecular complexity index is 454. The maximum absolute atomic E-state index is 5.22. The third-order valence-electron chi connectivity index (χ3n) is 2.34. The first-order chi connectivity index (χ1) is 7.79. The van der Waals surface area contributed by atoms with Crippen molar-refractivity contribution in [2.45, 2.75) is 13.5 Å². The number of aryl methyl sites for hydroxylation is 1. The van der Waals surface area contributed by atoms with Crippen LogP contribution in [0.4, 0.5) is 5.13 Å². The fourth-order valence-electron chi connectivity index (χ4n) is 1.54. The second kappa shape index (κ2) is 4.99. The van der Waals surface area contributed by atoms with Crippen LogP contribution in [0.5, 0.6) is 5.75 Å². The van der Waals surface area contributed by atoms with Crippen molar-refractivity contribution in [2.24, 2.45) is 0 Å². The van der Waals surface area contributed by atoms with Crippen LogP contribution in [0.15, 0.2) is 29.8 Å². The SMILES string of the molecule is COc1ccc(CNc2nccs2)cc1C. The highest BCUT2D eigenvalue weighted by Crippen LogP contribution is 2.19. The number of nitrogens with one attached hydrogen (secondary N) is 1. The Morgan fingerprint density at radius 1 is 1.44 bits per heavy atom. The molecule has 1 aromatic carbocycles. The van der Waals surface area contributed by atoms with Crippen molar-refractivity contribution < 1.29 is 4.74 Å². The number of hydrogen-bond acceptors (Lipinski definition) is 4. The Balaban J connectivity index is 2.02. The molecule has 84 valence electrons. The fourth-order valence-corrected chi connectivity index (χ4v) is 2.07. The molecule has 0 spiro atoms. The van der Waals surface area contributed by atoms with Gasteiger partial charge in [-0.3, -0.25) is 0 Å². The molecule has 0 aliphatic heterocycles. The van der Waals surface area contributed by atoms with Gasteiger partial charge in [0.05, 0.1) is 7.11 Å². The van der Waals surface area contributed by atoms with E-state index in [1.165, 1.54) is 5.56 Å². The number of rotatable bonds is 4.